The van der Waals surface area contributed by atoms with Crippen molar-refractivity contribution in [1.29, 1.82) is 0 Å². The van der Waals surface area contributed by atoms with Crippen molar-refractivity contribution < 1.29 is 9.53 Å². The molecular formula is C18H22N4O2. The number of aromatic nitrogens is 3. The van der Waals surface area contributed by atoms with E-state index in [2.05, 4.69) is 28.8 Å². The van der Waals surface area contributed by atoms with Crippen molar-refractivity contribution in [2.45, 2.75) is 50.7 Å². The summed E-state index contributed by atoms with van der Waals surface area (Å²) in [7, 11) is 0. The molecule has 1 aliphatic heterocycles. The van der Waals surface area contributed by atoms with E-state index in [1.54, 1.807) is 24.5 Å². The number of rotatable bonds is 1. The molecule has 0 aromatic carbocycles. The SMILES string of the molecule is CC1(C)CN(C(=O)c2ccc3nccnc3n2)CC2(CCCC2)O1. The van der Waals surface area contributed by atoms with Crippen molar-refractivity contribution in [3.8, 4) is 0 Å². The molecule has 1 spiro atoms. The van der Waals surface area contributed by atoms with Crippen molar-refractivity contribution in [2.75, 3.05) is 13.1 Å². The predicted octanol–water partition coefficient (Wildman–Crippen LogP) is 2.59. The zero-order valence-corrected chi connectivity index (χ0v) is 14.2. The van der Waals surface area contributed by atoms with Crippen LogP contribution in [0.15, 0.2) is 24.5 Å². The molecule has 24 heavy (non-hydrogen) atoms. The van der Waals surface area contributed by atoms with Crippen molar-refractivity contribution in [2.24, 2.45) is 0 Å². The molecule has 0 unspecified atom stereocenters. The van der Waals surface area contributed by atoms with E-state index in [1.807, 2.05) is 4.90 Å². The van der Waals surface area contributed by atoms with Gasteiger partial charge in [-0.05, 0) is 38.8 Å². The highest BCUT2D eigenvalue weighted by Crippen LogP contribution is 2.40. The normalized spacial score (nSPS) is 22.2. The van der Waals surface area contributed by atoms with E-state index in [0.29, 0.717) is 29.9 Å². The monoisotopic (exact) mass is 326 g/mol. The lowest BCUT2D eigenvalue weighted by atomic mass is 9.94. The van der Waals surface area contributed by atoms with Crippen molar-refractivity contribution >= 4 is 17.1 Å². The summed E-state index contributed by atoms with van der Waals surface area (Å²) < 4.78 is 6.37. The number of carbonyl (C=O) groups excluding carboxylic acids is 1. The van der Waals surface area contributed by atoms with Crippen LogP contribution in [0.3, 0.4) is 0 Å². The lowest BCUT2D eigenvalue weighted by Gasteiger charge is -2.48. The van der Waals surface area contributed by atoms with E-state index in [0.717, 1.165) is 12.8 Å². The fraction of sp³-hybridized carbons (Fsp3) is 0.556. The Balaban J connectivity index is 1.64. The summed E-state index contributed by atoms with van der Waals surface area (Å²) in [5.41, 5.74) is 1.10. The highest BCUT2D eigenvalue weighted by Gasteiger charge is 2.47. The number of nitrogens with zero attached hydrogens (tertiary/aromatic N) is 4. The zero-order chi connectivity index (χ0) is 16.8. The van der Waals surface area contributed by atoms with Gasteiger partial charge in [-0.25, -0.2) is 9.97 Å². The molecule has 2 aliphatic rings. The minimum atomic E-state index is -0.338. The third kappa shape index (κ3) is 2.75. The third-order valence-electron chi connectivity index (χ3n) is 4.90. The molecule has 0 bridgehead atoms. The van der Waals surface area contributed by atoms with Gasteiger partial charge in [0.2, 0.25) is 0 Å². The summed E-state index contributed by atoms with van der Waals surface area (Å²) in [6.07, 6.45) is 7.60. The van der Waals surface area contributed by atoms with Crippen LogP contribution >= 0.6 is 0 Å². The summed E-state index contributed by atoms with van der Waals surface area (Å²) in [6, 6.07) is 3.54. The van der Waals surface area contributed by atoms with Gasteiger partial charge < -0.3 is 9.64 Å². The largest absolute Gasteiger partial charge is 0.365 e. The molecule has 6 heteroatoms. The molecule has 0 N–H and O–H groups in total. The fourth-order valence-electron chi connectivity index (χ4n) is 4.07. The quantitative estimate of drug-likeness (QED) is 0.806. The van der Waals surface area contributed by atoms with Crippen LogP contribution in [0.2, 0.25) is 0 Å². The van der Waals surface area contributed by atoms with Crippen LogP contribution in [0, 0.1) is 0 Å². The molecule has 3 heterocycles. The molecule has 1 aliphatic carbocycles. The second-order valence-electron chi connectivity index (χ2n) is 7.51. The van der Waals surface area contributed by atoms with Gasteiger partial charge in [0.1, 0.15) is 11.2 Å². The summed E-state index contributed by atoms with van der Waals surface area (Å²) >= 11 is 0. The lowest BCUT2D eigenvalue weighted by molar-refractivity contribution is -0.184. The van der Waals surface area contributed by atoms with Gasteiger partial charge in [0.05, 0.1) is 17.7 Å². The number of morpholine rings is 1. The van der Waals surface area contributed by atoms with Crippen LogP contribution in [0.4, 0.5) is 0 Å². The molecule has 126 valence electrons. The van der Waals surface area contributed by atoms with E-state index >= 15 is 0 Å². The molecule has 4 rings (SSSR count). The number of amides is 1. The van der Waals surface area contributed by atoms with Crippen LogP contribution in [-0.4, -0.2) is 50.1 Å². The molecule has 1 saturated heterocycles. The highest BCUT2D eigenvalue weighted by atomic mass is 16.5. The van der Waals surface area contributed by atoms with Crippen LogP contribution in [0.5, 0.6) is 0 Å². The molecule has 2 aromatic heterocycles. The topological polar surface area (TPSA) is 68.2 Å². The maximum atomic E-state index is 13.0. The Morgan fingerprint density at radius 2 is 1.88 bits per heavy atom. The first-order chi connectivity index (χ1) is 11.5. The summed E-state index contributed by atoms with van der Waals surface area (Å²) in [5, 5.41) is 0. The highest BCUT2D eigenvalue weighted by molar-refractivity contribution is 5.94. The van der Waals surface area contributed by atoms with Gasteiger partial charge in [0.15, 0.2) is 5.65 Å². The van der Waals surface area contributed by atoms with Crippen LogP contribution in [0.25, 0.3) is 11.2 Å². The number of fused-ring (bicyclic) bond motifs is 1. The molecule has 2 aromatic rings. The number of hydrogen-bond acceptors (Lipinski definition) is 5. The first-order valence-corrected chi connectivity index (χ1v) is 8.54. The second-order valence-corrected chi connectivity index (χ2v) is 7.51. The van der Waals surface area contributed by atoms with Gasteiger partial charge >= 0.3 is 0 Å². The molecule has 6 nitrogen and oxygen atoms in total. The predicted molar refractivity (Wildman–Crippen MR) is 89.6 cm³/mol. The minimum absolute atomic E-state index is 0.0507. The van der Waals surface area contributed by atoms with Gasteiger partial charge in [-0.2, -0.15) is 0 Å². The zero-order valence-electron chi connectivity index (χ0n) is 14.2. The molecular weight excluding hydrogens is 304 g/mol. The van der Waals surface area contributed by atoms with Gasteiger partial charge in [0.25, 0.3) is 5.91 Å². The van der Waals surface area contributed by atoms with E-state index in [9.17, 15) is 4.79 Å². The van der Waals surface area contributed by atoms with Crippen molar-refractivity contribution in [3.63, 3.8) is 0 Å². The van der Waals surface area contributed by atoms with Crippen LogP contribution in [0.1, 0.15) is 50.0 Å². The van der Waals surface area contributed by atoms with E-state index in [1.165, 1.54) is 12.8 Å². The van der Waals surface area contributed by atoms with E-state index < -0.39 is 0 Å². The third-order valence-corrected chi connectivity index (χ3v) is 4.90. The Morgan fingerprint density at radius 3 is 2.67 bits per heavy atom. The number of pyridine rings is 1. The minimum Gasteiger partial charge on any atom is -0.365 e. The molecule has 1 amide bonds. The standard InChI is InChI=1S/C18H22N4O2/c1-17(2)11-22(12-18(24-17)7-3-4-8-18)16(23)14-6-5-13-15(21-14)20-10-9-19-13/h5-6,9-10H,3-4,7-8,11-12H2,1-2H3. The van der Waals surface area contributed by atoms with Gasteiger partial charge in [-0.1, -0.05) is 12.8 Å². The average Bonchev–Trinajstić information content (AvgIpc) is 2.99. The Kier molecular flexibility index (Phi) is 3.53. The first kappa shape index (κ1) is 15.4. The van der Waals surface area contributed by atoms with Crippen molar-refractivity contribution in [3.05, 3.63) is 30.2 Å². The van der Waals surface area contributed by atoms with Gasteiger partial charge in [-0.3, -0.25) is 9.78 Å². The molecule has 0 atom stereocenters. The maximum absolute atomic E-state index is 13.0. The Labute approximate surface area is 141 Å². The number of ether oxygens (including phenoxy) is 1. The van der Waals surface area contributed by atoms with Gasteiger partial charge in [0, 0.05) is 18.9 Å². The number of hydrogen-bond donors (Lipinski definition) is 0. The van der Waals surface area contributed by atoms with E-state index in [-0.39, 0.29) is 17.1 Å². The average molecular weight is 326 g/mol. The fourth-order valence-corrected chi connectivity index (χ4v) is 4.07. The summed E-state index contributed by atoms with van der Waals surface area (Å²) in [6.45, 7) is 5.35. The maximum Gasteiger partial charge on any atom is 0.272 e. The first-order valence-electron chi connectivity index (χ1n) is 8.54. The summed E-state index contributed by atoms with van der Waals surface area (Å²) in [4.78, 5) is 27.7. The summed E-state index contributed by atoms with van der Waals surface area (Å²) in [5.74, 6) is -0.0507. The Bertz CT molecular complexity index is 783. The molecule has 2 fully saturated rings. The lowest BCUT2D eigenvalue weighted by Crippen LogP contribution is -2.60. The Hall–Kier alpha value is -2.08. The smallest absolute Gasteiger partial charge is 0.272 e. The van der Waals surface area contributed by atoms with E-state index in [4.69, 9.17) is 4.74 Å². The second kappa shape index (κ2) is 5.48. The molecule has 1 saturated carbocycles. The van der Waals surface area contributed by atoms with Crippen molar-refractivity contribution in [1.82, 2.24) is 19.9 Å². The van der Waals surface area contributed by atoms with Crippen LogP contribution < -0.4 is 0 Å². The van der Waals surface area contributed by atoms with Crippen LogP contribution in [-0.2, 0) is 4.74 Å². The Morgan fingerprint density at radius 1 is 1.12 bits per heavy atom. The van der Waals surface area contributed by atoms with Gasteiger partial charge in [-0.15, -0.1) is 0 Å². The molecule has 0 radical (unpaired) electrons. The number of carbonyl (C=O) groups is 1.